The monoisotopic (exact) mass is 297 g/mol. The van der Waals surface area contributed by atoms with Gasteiger partial charge < -0.3 is 14.9 Å². The fourth-order valence-corrected chi connectivity index (χ4v) is 2.44. The second kappa shape index (κ2) is 5.77. The van der Waals surface area contributed by atoms with Crippen molar-refractivity contribution in [3.8, 4) is 11.8 Å². The highest BCUT2D eigenvalue weighted by atomic mass is 16.4. The average molecular weight is 297 g/mol. The van der Waals surface area contributed by atoms with Crippen molar-refractivity contribution in [1.82, 2.24) is 14.7 Å². The Morgan fingerprint density at radius 3 is 2.41 bits per heavy atom. The zero-order valence-corrected chi connectivity index (χ0v) is 11.9. The van der Waals surface area contributed by atoms with Gasteiger partial charge in [0.15, 0.2) is 5.82 Å². The summed E-state index contributed by atoms with van der Waals surface area (Å²) >= 11 is 0. The fourth-order valence-electron chi connectivity index (χ4n) is 2.44. The van der Waals surface area contributed by atoms with Crippen LogP contribution in [0.1, 0.15) is 5.56 Å². The Morgan fingerprint density at radius 2 is 1.82 bits per heavy atom. The van der Waals surface area contributed by atoms with Gasteiger partial charge in [0, 0.05) is 38.4 Å². The lowest BCUT2D eigenvalue weighted by molar-refractivity contribution is 0.142. The van der Waals surface area contributed by atoms with E-state index in [1.165, 1.54) is 4.90 Å². The lowest BCUT2D eigenvalue weighted by Crippen LogP contribution is -2.48. The molecule has 1 aromatic carbocycles. The van der Waals surface area contributed by atoms with Gasteiger partial charge in [-0.05, 0) is 24.3 Å². The summed E-state index contributed by atoms with van der Waals surface area (Å²) in [4.78, 5) is 14.4. The Labute approximate surface area is 127 Å². The smallest absolute Gasteiger partial charge is 0.407 e. The zero-order chi connectivity index (χ0) is 15.5. The molecule has 112 valence electrons. The number of hydrogen-bond donors (Lipinski definition) is 1. The molecule has 0 radical (unpaired) electrons. The van der Waals surface area contributed by atoms with Gasteiger partial charge in [0.05, 0.1) is 17.3 Å². The van der Waals surface area contributed by atoms with E-state index >= 15 is 0 Å². The Balaban J connectivity index is 1.71. The molecule has 0 spiro atoms. The van der Waals surface area contributed by atoms with Gasteiger partial charge in [0.2, 0.25) is 0 Å². The first-order valence-electron chi connectivity index (χ1n) is 6.96. The average Bonchev–Trinajstić information content (AvgIpc) is 3.05. The molecule has 0 atom stereocenters. The Bertz CT molecular complexity index is 708. The van der Waals surface area contributed by atoms with Crippen LogP contribution in [0.2, 0.25) is 0 Å². The van der Waals surface area contributed by atoms with Gasteiger partial charge >= 0.3 is 6.09 Å². The van der Waals surface area contributed by atoms with Crippen LogP contribution in [0.3, 0.4) is 0 Å². The predicted octanol–water partition coefficient (Wildman–Crippen LogP) is 1.54. The van der Waals surface area contributed by atoms with E-state index in [9.17, 15) is 4.79 Å². The molecule has 3 rings (SSSR count). The summed E-state index contributed by atoms with van der Waals surface area (Å²) in [7, 11) is 0. The summed E-state index contributed by atoms with van der Waals surface area (Å²) in [6.45, 7) is 2.24. The Morgan fingerprint density at radius 1 is 1.14 bits per heavy atom. The molecule has 1 fully saturated rings. The van der Waals surface area contributed by atoms with Crippen molar-refractivity contribution in [3.05, 3.63) is 42.1 Å². The normalized spacial score (nSPS) is 14.7. The molecule has 2 heterocycles. The second-order valence-electron chi connectivity index (χ2n) is 5.03. The number of carboxylic acid groups (broad SMARTS) is 1. The van der Waals surface area contributed by atoms with E-state index in [0.717, 1.165) is 11.5 Å². The first-order chi connectivity index (χ1) is 10.7. The van der Waals surface area contributed by atoms with Crippen LogP contribution in [-0.2, 0) is 0 Å². The molecule has 1 aromatic heterocycles. The van der Waals surface area contributed by atoms with Crippen LogP contribution in [0.4, 0.5) is 10.6 Å². The standard InChI is InChI=1S/C15H15N5O2/c16-11-12-1-3-13(4-2-12)20-6-5-14(17-20)18-7-9-19(10-8-18)15(21)22/h1-6H,7-10H2,(H,21,22). The minimum Gasteiger partial charge on any atom is -0.465 e. The van der Waals surface area contributed by atoms with Crippen molar-refractivity contribution in [2.75, 3.05) is 31.1 Å². The third kappa shape index (κ3) is 2.72. The number of hydrogen-bond acceptors (Lipinski definition) is 4. The highest BCUT2D eigenvalue weighted by molar-refractivity contribution is 5.65. The number of carbonyl (C=O) groups is 1. The molecule has 7 heteroatoms. The quantitative estimate of drug-likeness (QED) is 0.909. The lowest BCUT2D eigenvalue weighted by Gasteiger charge is -2.33. The van der Waals surface area contributed by atoms with E-state index in [1.807, 2.05) is 24.4 Å². The first kappa shape index (κ1) is 13.9. The molecule has 1 aliphatic heterocycles. The number of amides is 1. The minimum atomic E-state index is -0.872. The van der Waals surface area contributed by atoms with Gasteiger partial charge in [0.1, 0.15) is 0 Å². The first-order valence-corrected chi connectivity index (χ1v) is 6.96. The molecule has 1 N–H and O–H groups in total. The van der Waals surface area contributed by atoms with Gasteiger partial charge in [0.25, 0.3) is 0 Å². The molecule has 22 heavy (non-hydrogen) atoms. The summed E-state index contributed by atoms with van der Waals surface area (Å²) < 4.78 is 1.75. The fraction of sp³-hybridized carbons (Fsp3) is 0.267. The Kier molecular flexibility index (Phi) is 3.66. The van der Waals surface area contributed by atoms with Crippen molar-refractivity contribution in [2.24, 2.45) is 0 Å². The third-order valence-corrected chi connectivity index (χ3v) is 3.71. The summed E-state index contributed by atoms with van der Waals surface area (Å²) in [5.41, 5.74) is 1.50. The number of benzene rings is 1. The largest absolute Gasteiger partial charge is 0.465 e. The van der Waals surface area contributed by atoms with Gasteiger partial charge in [-0.3, -0.25) is 0 Å². The molecule has 2 aromatic rings. The molecular formula is C15H15N5O2. The summed E-state index contributed by atoms with van der Waals surface area (Å²) in [6.07, 6.45) is 0.989. The number of aromatic nitrogens is 2. The van der Waals surface area contributed by atoms with Crippen LogP contribution >= 0.6 is 0 Å². The van der Waals surface area contributed by atoms with E-state index in [0.29, 0.717) is 31.7 Å². The molecule has 0 saturated carbocycles. The Hall–Kier alpha value is -3.01. The molecule has 1 saturated heterocycles. The molecule has 1 aliphatic rings. The number of nitrogens with zero attached hydrogens (tertiary/aromatic N) is 5. The summed E-state index contributed by atoms with van der Waals surface area (Å²) in [5, 5.41) is 22.3. The van der Waals surface area contributed by atoms with Crippen LogP contribution in [0.5, 0.6) is 0 Å². The molecule has 1 amide bonds. The van der Waals surface area contributed by atoms with Gasteiger partial charge in [-0.25, -0.2) is 9.48 Å². The van der Waals surface area contributed by atoms with Crippen molar-refractivity contribution in [2.45, 2.75) is 0 Å². The highest BCUT2D eigenvalue weighted by Crippen LogP contribution is 2.16. The van der Waals surface area contributed by atoms with Crippen LogP contribution in [-0.4, -0.2) is 52.1 Å². The van der Waals surface area contributed by atoms with E-state index in [4.69, 9.17) is 10.4 Å². The number of nitriles is 1. The maximum atomic E-state index is 10.9. The van der Waals surface area contributed by atoms with Gasteiger partial charge in [-0.2, -0.15) is 10.4 Å². The number of anilines is 1. The van der Waals surface area contributed by atoms with Gasteiger partial charge in [-0.1, -0.05) is 0 Å². The van der Waals surface area contributed by atoms with Crippen LogP contribution in [0.15, 0.2) is 36.5 Å². The van der Waals surface area contributed by atoms with E-state index in [1.54, 1.807) is 16.8 Å². The van der Waals surface area contributed by atoms with E-state index < -0.39 is 6.09 Å². The summed E-state index contributed by atoms with van der Waals surface area (Å²) in [6, 6.07) is 11.2. The number of rotatable bonds is 2. The van der Waals surface area contributed by atoms with Crippen molar-refractivity contribution in [3.63, 3.8) is 0 Å². The minimum absolute atomic E-state index is 0.485. The van der Waals surface area contributed by atoms with Crippen LogP contribution < -0.4 is 4.90 Å². The van der Waals surface area contributed by atoms with Crippen molar-refractivity contribution in [1.29, 1.82) is 5.26 Å². The SMILES string of the molecule is N#Cc1ccc(-n2ccc(N3CCN(C(=O)O)CC3)n2)cc1. The maximum Gasteiger partial charge on any atom is 0.407 e. The second-order valence-corrected chi connectivity index (χ2v) is 5.03. The van der Waals surface area contributed by atoms with Gasteiger partial charge in [-0.15, -0.1) is 0 Å². The summed E-state index contributed by atoms with van der Waals surface area (Å²) in [5.74, 6) is 0.828. The van der Waals surface area contributed by atoms with Crippen LogP contribution in [0, 0.1) is 11.3 Å². The molecule has 0 aliphatic carbocycles. The van der Waals surface area contributed by atoms with Crippen LogP contribution in [0.25, 0.3) is 5.69 Å². The van der Waals surface area contributed by atoms with E-state index in [-0.39, 0.29) is 0 Å². The molecular weight excluding hydrogens is 282 g/mol. The predicted molar refractivity (Wildman–Crippen MR) is 80.1 cm³/mol. The molecule has 0 unspecified atom stereocenters. The van der Waals surface area contributed by atoms with Crippen molar-refractivity contribution >= 4 is 11.9 Å². The van der Waals surface area contributed by atoms with Crippen molar-refractivity contribution < 1.29 is 9.90 Å². The lowest BCUT2D eigenvalue weighted by atomic mass is 10.2. The number of piperazine rings is 1. The van der Waals surface area contributed by atoms with E-state index in [2.05, 4.69) is 16.1 Å². The third-order valence-electron chi connectivity index (χ3n) is 3.71. The topological polar surface area (TPSA) is 85.4 Å². The highest BCUT2D eigenvalue weighted by Gasteiger charge is 2.21. The zero-order valence-electron chi connectivity index (χ0n) is 11.9. The maximum absolute atomic E-state index is 10.9. The molecule has 7 nitrogen and oxygen atoms in total. The molecule has 0 bridgehead atoms.